The molecule has 2 aromatic heterocycles. The first kappa shape index (κ1) is 18.6. The second kappa shape index (κ2) is 9.49. The summed E-state index contributed by atoms with van der Waals surface area (Å²) in [7, 11) is 0. The van der Waals surface area contributed by atoms with Crippen LogP contribution in [0.4, 0.5) is 0 Å². The van der Waals surface area contributed by atoms with Crippen LogP contribution in [-0.4, -0.2) is 31.9 Å². The molecule has 26 heavy (non-hydrogen) atoms. The molecule has 0 aliphatic carbocycles. The number of tetrazole rings is 1. The topological polar surface area (TPSA) is 72.7 Å². The maximum atomic E-state index is 12.0. The Labute approximate surface area is 161 Å². The van der Waals surface area contributed by atoms with Gasteiger partial charge in [0, 0.05) is 4.88 Å². The predicted molar refractivity (Wildman–Crippen MR) is 105 cm³/mol. The fourth-order valence-electron chi connectivity index (χ4n) is 2.40. The van der Waals surface area contributed by atoms with Crippen molar-refractivity contribution in [2.45, 2.75) is 37.9 Å². The van der Waals surface area contributed by atoms with Gasteiger partial charge in [0.25, 0.3) is 0 Å². The Morgan fingerprint density at radius 2 is 2.12 bits per heavy atom. The van der Waals surface area contributed by atoms with Crippen molar-refractivity contribution in [3.63, 3.8) is 0 Å². The van der Waals surface area contributed by atoms with Gasteiger partial charge in [-0.2, -0.15) is 4.68 Å². The number of nitrogens with one attached hydrogen (secondary N) is 1. The van der Waals surface area contributed by atoms with Gasteiger partial charge in [0.15, 0.2) is 0 Å². The van der Waals surface area contributed by atoms with Crippen molar-refractivity contribution in [2.75, 3.05) is 5.75 Å². The minimum atomic E-state index is -0.0344. The molecule has 1 N–H and O–H groups in total. The average Bonchev–Trinajstić information content (AvgIpc) is 3.35. The van der Waals surface area contributed by atoms with E-state index < -0.39 is 0 Å². The number of unbranched alkanes of at least 4 members (excludes halogenated alkanes) is 1. The van der Waals surface area contributed by atoms with E-state index in [4.69, 9.17) is 0 Å². The average molecular weight is 388 g/mol. The van der Waals surface area contributed by atoms with Crippen LogP contribution in [0.2, 0.25) is 0 Å². The molecule has 0 aliphatic heterocycles. The van der Waals surface area contributed by atoms with Crippen molar-refractivity contribution in [1.29, 1.82) is 0 Å². The summed E-state index contributed by atoms with van der Waals surface area (Å²) in [5.41, 5.74) is 2.21. The molecule has 0 bridgehead atoms. The standard InChI is InChI=1S/C18H21N5OS2/c1-2-3-5-14-7-9-15(10-8-14)23-18(20-21-22-23)26-13-17(24)19-12-16-6-4-11-25-16/h4,6-11H,2-3,5,12-13H2,1H3,(H,19,24). The van der Waals surface area contributed by atoms with Gasteiger partial charge in [-0.3, -0.25) is 4.79 Å². The summed E-state index contributed by atoms with van der Waals surface area (Å²) in [6.45, 7) is 2.75. The summed E-state index contributed by atoms with van der Waals surface area (Å²) in [6, 6.07) is 12.2. The molecule has 0 atom stereocenters. The van der Waals surface area contributed by atoms with Crippen LogP contribution >= 0.6 is 23.1 Å². The summed E-state index contributed by atoms with van der Waals surface area (Å²) in [5, 5.41) is 17.3. The van der Waals surface area contributed by atoms with Gasteiger partial charge in [0.05, 0.1) is 18.0 Å². The Morgan fingerprint density at radius 1 is 1.27 bits per heavy atom. The van der Waals surface area contributed by atoms with Crippen LogP contribution in [0.25, 0.3) is 5.69 Å². The largest absolute Gasteiger partial charge is 0.350 e. The first-order valence-corrected chi connectivity index (χ1v) is 10.4. The zero-order valence-electron chi connectivity index (χ0n) is 14.6. The van der Waals surface area contributed by atoms with Crippen molar-refractivity contribution >= 4 is 29.0 Å². The molecule has 8 heteroatoms. The Kier molecular flexibility index (Phi) is 6.79. The van der Waals surface area contributed by atoms with Gasteiger partial charge < -0.3 is 5.32 Å². The maximum Gasteiger partial charge on any atom is 0.230 e. The van der Waals surface area contributed by atoms with E-state index >= 15 is 0 Å². The molecular formula is C18H21N5OS2. The summed E-state index contributed by atoms with van der Waals surface area (Å²) in [6.07, 6.45) is 3.45. The van der Waals surface area contributed by atoms with Crippen LogP contribution in [-0.2, 0) is 17.8 Å². The fraction of sp³-hybridized carbons (Fsp3) is 0.333. The second-order valence-corrected chi connectivity index (χ2v) is 7.76. The molecule has 136 valence electrons. The Morgan fingerprint density at radius 3 is 2.85 bits per heavy atom. The van der Waals surface area contributed by atoms with E-state index in [1.54, 1.807) is 16.0 Å². The SMILES string of the molecule is CCCCc1ccc(-n2nnnc2SCC(=O)NCc2cccs2)cc1. The monoisotopic (exact) mass is 387 g/mol. The second-order valence-electron chi connectivity index (χ2n) is 5.79. The fourth-order valence-corrected chi connectivity index (χ4v) is 3.76. The van der Waals surface area contributed by atoms with Crippen molar-refractivity contribution < 1.29 is 4.79 Å². The van der Waals surface area contributed by atoms with E-state index in [1.807, 2.05) is 29.6 Å². The van der Waals surface area contributed by atoms with Crippen LogP contribution in [0.3, 0.4) is 0 Å². The predicted octanol–water partition coefficient (Wildman–Crippen LogP) is 3.47. The van der Waals surface area contributed by atoms with E-state index in [0.717, 1.165) is 17.0 Å². The number of amides is 1. The lowest BCUT2D eigenvalue weighted by Crippen LogP contribution is -2.24. The highest BCUT2D eigenvalue weighted by molar-refractivity contribution is 7.99. The lowest BCUT2D eigenvalue weighted by Gasteiger charge is -2.06. The molecule has 2 heterocycles. The van der Waals surface area contributed by atoms with Gasteiger partial charge in [-0.1, -0.05) is 43.3 Å². The number of hydrogen-bond acceptors (Lipinski definition) is 6. The van der Waals surface area contributed by atoms with Crippen molar-refractivity contribution in [3.05, 3.63) is 52.2 Å². The highest BCUT2D eigenvalue weighted by atomic mass is 32.2. The van der Waals surface area contributed by atoms with E-state index in [-0.39, 0.29) is 11.7 Å². The zero-order valence-corrected chi connectivity index (χ0v) is 16.2. The lowest BCUT2D eigenvalue weighted by atomic mass is 10.1. The lowest BCUT2D eigenvalue weighted by molar-refractivity contribution is -0.118. The van der Waals surface area contributed by atoms with Crippen LogP contribution < -0.4 is 5.32 Å². The number of benzene rings is 1. The quantitative estimate of drug-likeness (QED) is 0.569. The number of carbonyl (C=O) groups is 1. The van der Waals surface area contributed by atoms with Crippen molar-refractivity contribution in [2.24, 2.45) is 0 Å². The summed E-state index contributed by atoms with van der Waals surface area (Å²) >= 11 is 2.96. The number of carbonyl (C=O) groups excluding carboxylic acids is 1. The molecule has 1 amide bonds. The molecule has 0 aliphatic rings. The van der Waals surface area contributed by atoms with Crippen LogP contribution in [0.15, 0.2) is 46.9 Å². The third-order valence-corrected chi connectivity index (χ3v) is 5.61. The van der Waals surface area contributed by atoms with Gasteiger partial charge in [-0.15, -0.1) is 16.4 Å². The summed E-state index contributed by atoms with van der Waals surface area (Å²) in [5.74, 6) is 0.244. The van der Waals surface area contributed by atoms with Crippen LogP contribution in [0.1, 0.15) is 30.2 Å². The molecule has 0 saturated heterocycles. The first-order chi connectivity index (χ1) is 12.8. The first-order valence-electron chi connectivity index (χ1n) is 8.56. The maximum absolute atomic E-state index is 12.0. The zero-order chi connectivity index (χ0) is 18.2. The molecule has 0 radical (unpaired) electrons. The van der Waals surface area contributed by atoms with Crippen LogP contribution in [0.5, 0.6) is 0 Å². The molecule has 0 fully saturated rings. The van der Waals surface area contributed by atoms with Crippen LogP contribution in [0, 0.1) is 0 Å². The molecule has 1 aromatic carbocycles. The van der Waals surface area contributed by atoms with Crippen molar-refractivity contribution in [3.8, 4) is 5.69 Å². The molecule has 0 spiro atoms. The molecular weight excluding hydrogens is 366 g/mol. The normalized spacial score (nSPS) is 10.8. The number of aryl methyl sites for hydroxylation is 1. The minimum absolute atomic E-state index is 0.0344. The van der Waals surface area contributed by atoms with Gasteiger partial charge >= 0.3 is 0 Å². The van der Waals surface area contributed by atoms with Gasteiger partial charge in [-0.05, 0) is 52.4 Å². The third kappa shape index (κ3) is 5.15. The Bertz CT molecular complexity index is 814. The van der Waals surface area contributed by atoms with E-state index in [9.17, 15) is 4.79 Å². The van der Waals surface area contributed by atoms with Gasteiger partial charge in [-0.25, -0.2) is 0 Å². The minimum Gasteiger partial charge on any atom is -0.350 e. The highest BCUT2D eigenvalue weighted by Crippen LogP contribution is 2.19. The Balaban J connectivity index is 1.55. The van der Waals surface area contributed by atoms with E-state index in [1.165, 1.54) is 30.2 Å². The van der Waals surface area contributed by atoms with Crippen molar-refractivity contribution in [1.82, 2.24) is 25.5 Å². The number of rotatable bonds is 9. The number of aromatic nitrogens is 4. The summed E-state index contributed by atoms with van der Waals surface area (Å²) in [4.78, 5) is 13.2. The smallest absolute Gasteiger partial charge is 0.230 e. The van der Waals surface area contributed by atoms with Gasteiger partial charge in [0.2, 0.25) is 11.1 Å². The number of nitrogens with zero attached hydrogens (tertiary/aromatic N) is 4. The number of thiophene rings is 1. The molecule has 6 nitrogen and oxygen atoms in total. The Hall–Kier alpha value is -2.19. The summed E-state index contributed by atoms with van der Waals surface area (Å²) < 4.78 is 1.67. The highest BCUT2D eigenvalue weighted by Gasteiger charge is 2.11. The molecule has 0 unspecified atom stereocenters. The third-order valence-electron chi connectivity index (χ3n) is 3.81. The molecule has 0 saturated carbocycles. The molecule has 3 rings (SSSR count). The van der Waals surface area contributed by atoms with Gasteiger partial charge in [0.1, 0.15) is 0 Å². The number of hydrogen-bond donors (Lipinski definition) is 1. The van der Waals surface area contributed by atoms with E-state index in [0.29, 0.717) is 11.7 Å². The molecule has 3 aromatic rings. The number of thioether (sulfide) groups is 1. The van der Waals surface area contributed by atoms with E-state index in [2.05, 4.69) is 39.9 Å².